The molecule has 2 rings (SSSR count). The van der Waals surface area contributed by atoms with Crippen molar-refractivity contribution >= 4 is 11.8 Å². The van der Waals surface area contributed by atoms with Crippen molar-refractivity contribution in [3.05, 3.63) is 17.0 Å². The van der Waals surface area contributed by atoms with Crippen LogP contribution in [0.25, 0.3) is 0 Å². The van der Waals surface area contributed by atoms with Crippen molar-refractivity contribution in [3.8, 4) is 0 Å². The molecule has 0 amide bonds. The molecule has 0 radical (unpaired) electrons. The minimum Gasteiger partial charge on any atom is -0.271 e. The summed E-state index contributed by atoms with van der Waals surface area (Å²) in [4.78, 5) is 0. The number of aryl methyl sites for hydroxylation is 2. The van der Waals surface area contributed by atoms with E-state index in [1.807, 2.05) is 37.3 Å². The molecular formula is C10H18N2S. The SMILES string of the molecule is CC.Cc1nn(C)c2c1CCSC2. The molecule has 0 bridgehead atoms. The van der Waals surface area contributed by atoms with Crippen LogP contribution in [-0.2, 0) is 19.2 Å². The molecule has 1 aliphatic heterocycles. The molecule has 3 heteroatoms. The Bertz CT molecular complexity index is 252. The second-order valence-corrected chi connectivity index (χ2v) is 4.04. The molecule has 0 N–H and O–H groups in total. The van der Waals surface area contributed by atoms with E-state index in [9.17, 15) is 0 Å². The van der Waals surface area contributed by atoms with Gasteiger partial charge in [-0.05, 0) is 24.7 Å². The van der Waals surface area contributed by atoms with Crippen LogP contribution < -0.4 is 0 Å². The third-order valence-electron chi connectivity index (χ3n) is 2.21. The summed E-state index contributed by atoms with van der Waals surface area (Å²) in [5.41, 5.74) is 4.15. The fourth-order valence-electron chi connectivity index (χ4n) is 1.60. The van der Waals surface area contributed by atoms with E-state index in [4.69, 9.17) is 0 Å². The lowest BCUT2D eigenvalue weighted by atomic mass is 10.1. The highest BCUT2D eigenvalue weighted by atomic mass is 32.2. The monoisotopic (exact) mass is 198 g/mol. The molecule has 2 heterocycles. The van der Waals surface area contributed by atoms with Crippen LogP contribution in [0, 0.1) is 6.92 Å². The lowest BCUT2D eigenvalue weighted by molar-refractivity contribution is 0.725. The molecule has 1 aromatic rings. The van der Waals surface area contributed by atoms with Crippen molar-refractivity contribution in [2.24, 2.45) is 7.05 Å². The van der Waals surface area contributed by atoms with Gasteiger partial charge in [0.15, 0.2) is 0 Å². The highest BCUT2D eigenvalue weighted by molar-refractivity contribution is 7.98. The van der Waals surface area contributed by atoms with Gasteiger partial charge in [0.25, 0.3) is 0 Å². The molecule has 0 aliphatic carbocycles. The average Bonchev–Trinajstić information content (AvgIpc) is 2.47. The molecule has 74 valence electrons. The summed E-state index contributed by atoms with van der Waals surface area (Å²) in [6.45, 7) is 6.11. The smallest absolute Gasteiger partial charge is 0.0629 e. The van der Waals surface area contributed by atoms with Gasteiger partial charge in [0.2, 0.25) is 0 Å². The largest absolute Gasteiger partial charge is 0.271 e. The Labute approximate surface area is 84.7 Å². The van der Waals surface area contributed by atoms with Gasteiger partial charge in [0, 0.05) is 12.8 Å². The van der Waals surface area contributed by atoms with E-state index >= 15 is 0 Å². The average molecular weight is 198 g/mol. The molecule has 1 aliphatic rings. The fourth-order valence-corrected chi connectivity index (χ4v) is 2.65. The van der Waals surface area contributed by atoms with E-state index in [-0.39, 0.29) is 0 Å². The number of thioether (sulfide) groups is 1. The van der Waals surface area contributed by atoms with Crippen molar-refractivity contribution in [1.82, 2.24) is 9.78 Å². The minimum absolute atomic E-state index is 1.15. The fraction of sp³-hybridized carbons (Fsp3) is 0.700. The standard InChI is InChI=1S/C8H12N2S.C2H6/c1-6-7-3-4-11-5-8(7)10(2)9-6;1-2/h3-5H2,1-2H3;1-2H3. The molecular weight excluding hydrogens is 180 g/mol. The molecule has 2 nitrogen and oxygen atoms in total. The Morgan fingerprint density at radius 2 is 2.08 bits per heavy atom. The van der Waals surface area contributed by atoms with Gasteiger partial charge in [-0.15, -0.1) is 0 Å². The van der Waals surface area contributed by atoms with Gasteiger partial charge in [0.1, 0.15) is 0 Å². The van der Waals surface area contributed by atoms with Gasteiger partial charge in [-0.2, -0.15) is 16.9 Å². The van der Waals surface area contributed by atoms with Crippen LogP contribution in [-0.4, -0.2) is 15.5 Å². The van der Waals surface area contributed by atoms with Crippen molar-refractivity contribution in [1.29, 1.82) is 0 Å². The van der Waals surface area contributed by atoms with E-state index in [2.05, 4.69) is 12.0 Å². The molecule has 0 spiro atoms. The summed E-state index contributed by atoms with van der Waals surface area (Å²) in [6.07, 6.45) is 1.21. The van der Waals surface area contributed by atoms with E-state index < -0.39 is 0 Å². The Morgan fingerprint density at radius 1 is 1.38 bits per heavy atom. The topological polar surface area (TPSA) is 17.8 Å². The first-order chi connectivity index (χ1) is 6.29. The molecule has 0 atom stereocenters. The van der Waals surface area contributed by atoms with Crippen molar-refractivity contribution in [3.63, 3.8) is 0 Å². The molecule has 0 unspecified atom stereocenters. The van der Waals surface area contributed by atoms with Crippen LogP contribution in [0.15, 0.2) is 0 Å². The lowest BCUT2D eigenvalue weighted by Crippen LogP contribution is -2.04. The van der Waals surface area contributed by atoms with E-state index in [1.54, 1.807) is 0 Å². The molecule has 1 aromatic heterocycles. The third-order valence-corrected chi connectivity index (χ3v) is 3.18. The number of hydrogen-bond donors (Lipinski definition) is 0. The highest BCUT2D eigenvalue weighted by Gasteiger charge is 2.16. The van der Waals surface area contributed by atoms with Gasteiger partial charge >= 0.3 is 0 Å². The Hall–Kier alpha value is -0.440. The normalized spacial score (nSPS) is 14.5. The van der Waals surface area contributed by atoms with Crippen LogP contribution in [0.5, 0.6) is 0 Å². The Balaban J connectivity index is 0.000000396. The summed E-state index contributed by atoms with van der Waals surface area (Å²) < 4.78 is 2.02. The van der Waals surface area contributed by atoms with Crippen molar-refractivity contribution < 1.29 is 0 Å². The van der Waals surface area contributed by atoms with E-state index in [0.717, 1.165) is 5.75 Å². The number of rotatable bonds is 0. The summed E-state index contributed by atoms with van der Waals surface area (Å²) in [5.74, 6) is 2.41. The predicted molar refractivity (Wildman–Crippen MR) is 59.2 cm³/mol. The van der Waals surface area contributed by atoms with Crippen LogP contribution in [0.2, 0.25) is 0 Å². The zero-order chi connectivity index (χ0) is 9.84. The van der Waals surface area contributed by atoms with Gasteiger partial charge in [-0.1, -0.05) is 13.8 Å². The second kappa shape index (κ2) is 4.70. The second-order valence-electron chi connectivity index (χ2n) is 2.94. The maximum absolute atomic E-state index is 4.40. The first-order valence-electron chi connectivity index (χ1n) is 4.88. The summed E-state index contributed by atoms with van der Waals surface area (Å²) >= 11 is 2.00. The molecule has 0 aromatic carbocycles. The van der Waals surface area contributed by atoms with Gasteiger partial charge in [0.05, 0.1) is 11.4 Å². The number of nitrogens with zero attached hydrogens (tertiary/aromatic N) is 2. The van der Waals surface area contributed by atoms with Crippen molar-refractivity contribution in [2.75, 3.05) is 5.75 Å². The number of aromatic nitrogens is 2. The van der Waals surface area contributed by atoms with Gasteiger partial charge in [-0.3, -0.25) is 4.68 Å². The lowest BCUT2D eigenvalue weighted by Gasteiger charge is -2.11. The maximum Gasteiger partial charge on any atom is 0.0629 e. The number of hydrogen-bond acceptors (Lipinski definition) is 2. The van der Waals surface area contributed by atoms with Crippen LogP contribution in [0.3, 0.4) is 0 Å². The quantitative estimate of drug-likeness (QED) is 0.637. The van der Waals surface area contributed by atoms with Crippen LogP contribution >= 0.6 is 11.8 Å². The van der Waals surface area contributed by atoms with Crippen LogP contribution in [0.1, 0.15) is 30.8 Å². The summed E-state index contributed by atoms with van der Waals surface area (Å²) in [7, 11) is 2.04. The van der Waals surface area contributed by atoms with Gasteiger partial charge < -0.3 is 0 Å². The summed E-state index contributed by atoms with van der Waals surface area (Å²) in [6, 6.07) is 0. The summed E-state index contributed by atoms with van der Waals surface area (Å²) in [5, 5.41) is 4.40. The minimum atomic E-state index is 1.15. The first kappa shape index (κ1) is 10.6. The van der Waals surface area contributed by atoms with E-state index in [0.29, 0.717) is 0 Å². The molecule has 0 fully saturated rings. The zero-order valence-electron chi connectivity index (χ0n) is 8.92. The van der Waals surface area contributed by atoms with Gasteiger partial charge in [-0.25, -0.2) is 0 Å². The first-order valence-corrected chi connectivity index (χ1v) is 6.03. The van der Waals surface area contributed by atoms with E-state index in [1.165, 1.54) is 29.1 Å². The Kier molecular flexibility index (Phi) is 3.85. The molecule has 0 saturated heterocycles. The number of fused-ring (bicyclic) bond motifs is 1. The molecule has 13 heavy (non-hydrogen) atoms. The third kappa shape index (κ3) is 2.08. The Morgan fingerprint density at radius 3 is 2.69 bits per heavy atom. The van der Waals surface area contributed by atoms with Crippen molar-refractivity contribution in [2.45, 2.75) is 32.9 Å². The molecule has 0 saturated carbocycles. The maximum atomic E-state index is 4.40. The zero-order valence-corrected chi connectivity index (χ0v) is 9.74. The van der Waals surface area contributed by atoms with Crippen LogP contribution in [0.4, 0.5) is 0 Å². The highest BCUT2D eigenvalue weighted by Crippen LogP contribution is 2.25. The predicted octanol–water partition coefficient (Wildman–Crippen LogP) is 2.54.